The van der Waals surface area contributed by atoms with E-state index < -0.39 is 0 Å². The van der Waals surface area contributed by atoms with Crippen LogP contribution >= 0.6 is 23.5 Å². The number of carbonyl (C=O) groups is 1. The molecule has 4 nitrogen and oxygen atoms in total. The van der Waals surface area contributed by atoms with Crippen LogP contribution in [0, 0.1) is 0 Å². The van der Waals surface area contributed by atoms with Crippen molar-refractivity contribution in [2.24, 2.45) is 4.99 Å². The third-order valence-corrected chi connectivity index (χ3v) is 5.70. The molecule has 6 heteroatoms. The number of carbonyl (C=O) groups excluding carboxylic acids is 1. The number of morpholine rings is 1. The van der Waals surface area contributed by atoms with E-state index in [2.05, 4.69) is 11.1 Å². The van der Waals surface area contributed by atoms with Gasteiger partial charge < -0.3 is 9.64 Å². The normalized spacial score (nSPS) is 21.7. The summed E-state index contributed by atoms with van der Waals surface area (Å²) in [6.07, 6.45) is 0.140. The number of aliphatic imine (C=N–C) groups is 1. The zero-order chi connectivity index (χ0) is 14.7. The Hall–Kier alpha value is -0.980. The maximum atomic E-state index is 12.2. The third-order valence-electron chi connectivity index (χ3n) is 3.47. The van der Waals surface area contributed by atoms with Crippen molar-refractivity contribution >= 4 is 39.5 Å². The Balaban J connectivity index is 1.56. The molecule has 0 unspecified atom stereocenters. The van der Waals surface area contributed by atoms with Crippen molar-refractivity contribution < 1.29 is 9.53 Å². The standard InChI is InChI=1S/C15H18N2O2S2/c1-11-8-17(6-7-19-11)14(18)10-21-15-16-13-5-3-2-4-12(13)9-20-15/h2-5,11H,6-10H2,1H3/t11-/m1/s1. The van der Waals surface area contributed by atoms with Gasteiger partial charge in [0.1, 0.15) is 4.38 Å². The minimum absolute atomic E-state index is 0.140. The summed E-state index contributed by atoms with van der Waals surface area (Å²) in [6, 6.07) is 8.17. The number of thioether (sulfide) groups is 2. The fourth-order valence-electron chi connectivity index (χ4n) is 2.35. The van der Waals surface area contributed by atoms with E-state index >= 15 is 0 Å². The number of nitrogens with zero attached hydrogens (tertiary/aromatic N) is 2. The summed E-state index contributed by atoms with van der Waals surface area (Å²) < 4.78 is 6.45. The molecule has 1 aromatic carbocycles. The first kappa shape index (κ1) is 14.9. The van der Waals surface area contributed by atoms with Gasteiger partial charge in [0.15, 0.2) is 0 Å². The summed E-state index contributed by atoms with van der Waals surface area (Å²) >= 11 is 3.26. The Bertz CT molecular complexity index is 562. The van der Waals surface area contributed by atoms with Gasteiger partial charge in [0.25, 0.3) is 0 Å². The molecule has 0 saturated carbocycles. The van der Waals surface area contributed by atoms with E-state index in [4.69, 9.17) is 4.74 Å². The largest absolute Gasteiger partial charge is 0.375 e. The van der Waals surface area contributed by atoms with E-state index in [9.17, 15) is 4.79 Å². The molecule has 1 saturated heterocycles. The smallest absolute Gasteiger partial charge is 0.233 e. The zero-order valence-electron chi connectivity index (χ0n) is 11.9. The lowest BCUT2D eigenvalue weighted by molar-refractivity contribution is -0.135. The van der Waals surface area contributed by atoms with Crippen molar-refractivity contribution in [2.45, 2.75) is 18.8 Å². The van der Waals surface area contributed by atoms with E-state index in [-0.39, 0.29) is 12.0 Å². The highest BCUT2D eigenvalue weighted by molar-refractivity contribution is 8.38. The lowest BCUT2D eigenvalue weighted by Gasteiger charge is -2.31. The minimum atomic E-state index is 0.140. The van der Waals surface area contributed by atoms with E-state index in [0.29, 0.717) is 25.4 Å². The maximum absolute atomic E-state index is 12.2. The Morgan fingerprint density at radius 3 is 3.24 bits per heavy atom. The molecule has 1 atom stereocenters. The topological polar surface area (TPSA) is 41.9 Å². The van der Waals surface area contributed by atoms with Gasteiger partial charge >= 0.3 is 0 Å². The molecule has 0 aromatic heterocycles. The number of fused-ring (bicyclic) bond motifs is 1. The van der Waals surface area contributed by atoms with E-state index in [1.165, 1.54) is 5.56 Å². The molecule has 112 valence electrons. The van der Waals surface area contributed by atoms with Crippen molar-refractivity contribution in [3.8, 4) is 0 Å². The van der Waals surface area contributed by atoms with Crippen LogP contribution in [0.2, 0.25) is 0 Å². The van der Waals surface area contributed by atoms with Gasteiger partial charge in [-0.05, 0) is 18.6 Å². The summed E-state index contributed by atoms with van der Waals surface area (Å²) in [6.45, 7) is 4.04. The summed E-state index contributed by atoms with van der Waals surface area (Å²) in [5.74, 6) is 1.57. The molecule has 0 bridgehead atoms. The molecule has 2 heterocycles. The molecule has 0 radical (unpaired) electrons. The average Bonchev–Trinajstić information content (AvgIpc) is 2.52. The molecule has 1 fully saturated rings. The second-order valence-electron chi connectivity index (χ2n) is 5.10. The minimum Gasteiger partial charge on any atom is -0.375 e. The highest BCUT2D eigenvalue weighted by Gasteiger charge is 2.22. The van der Waals surface area contributed by atoms with E-state index in [1.807, 2.05) is 30.0 Å². The summed E-state index contributed by atoms with van der Waals surface area (Å²) in [7, 11) is 0. The van der Waals surface area contributed by atoms with Crippen molar-refractivity contribution in [2.75, 3.05) is 25.4 Å². The van der Waals surface area contributed by atoms with Crippen LogP contribution in [0.5, 0.6) is 0 Å². The van der Waals surface area contributed by atoms with Gasteiger partial charge in [-0.3, -0.25) is 4.79 Å². The molecule has 2 aliphatic heterocycles. The number of benzene rings is 1. The molecule has 0 spiro atoms. The third kappa shape index (κ3) is 3.81. The SMILES string of the molecule is C[C@@H]1CN(C(=O)CSC2=Nc3ccccc3CS2)CCO1. The van der Waals surface area contributed by atoms with Gasteiger partial charge in [0.05, 0.1) is 24.2 Å². The van der Waals surface area contributed by atoms with Crippen LogP contribution in [0.15, 0.2) is 29.3 Å². The van der Waals surface area contributed by atoms with Crippen LogP contribution in [0.1, 0.15) is 12.5 Å². The first-order chi connectivity index (χ1) is 10.2. The van der Waals surface area contributed by atoms with Gasteiger partial charge in [0.2, 0.25) is 5.91 Å². The summed E-state index contributed by atoms with van der Waals surface area (Å²) in [5.41, 5.74) is 2.30. The molecule has 1 amide bonds. The van der Waals surface area contributed by atoms with Crippen molar-refractivity contribution in [3.05, 3.63) is 29.8 Å². The van der Waals surface area contributed by atoms with Crippen LogP contribution in [-0.4, -0.2) is 46.7 Å². The molecule has 21 heavy (non-hydrogen) atoms. The quantitative estimate of drug-likeness (QED) is 0.839. The second-order valence-corrected chi connectivity index (χ2v) is 7.29. The number of para-hydroxylation sites is 1. The van der Waals surface area contributed by atoms with Crippen molar-refractivity contribution in [1.29, 1.82) is 0 Å². The molecular weight excluding hydrogens is 304 g/mol. The van der Waals surface area contributed by atoms with Crippen molar-refractivity contribution in [3.63, 3.8) is 0 Å². The molecule has 3 rings (SSSR count). The predicted molar refractivity (Wildman–Crippen MR) is 89.3 cm³/mol. The predicted octanol–water partition coefficient (Wildman–Crippen LogP) is 2.90. The fourth-order valence-corrected chi connectivity index (χ4v) is 4.31. The maximum Gasteiger partial charge on any atom is 0.233 e. The van der Waals surface area contributed by atoms with Crippen molar-refractivity contribution in [1.82, 2.24) is 4.90 Å². The van der Waals surface area contributed by atoms with E-state index in [0.717, 1.165) is 15.8 Å². The Kier molecular flexibility index (Phi) is 4.87. The Morgan fingerprint density at radius 1 is 1.52 bits per heavy atom. The highest BCUT2D eigenvalue weighted by atomic mass is 32.2. The molecule has 0 aliphatic carbocycles. The number of amides is 1. The zero-order valence-corrected chi connectivity index (χ0v) is 13.6. The van der Waals surface area contributed by atoms with Gasteiger partial charge in [-0.25, -0.2) is 4.99 Å². The number of hydrogen-bond acceptors (Lipinski definition) is 5. The number of ether oxygens (including phenoxy) is 1. The fraction of sp³-hybridized carbons (Fsp3) is 0.467. The number of rotatable bonds is 2. The molecule has 2 aliphatic rings. The summed E-state index contributed by atoms with van der Waals surface area (Å²) in [5, 5.41) is 0. The van der Waals surface area contributed by atoms with E-state index in [1.54, 1.807) is 23.5 Å². The second kappa shape index (κ2) is 6.85. The number of hydrogen-bond donors (Lipinski definition) is 0. The molecule has 0 N–H and O–H groups in total. The van der Waals surface area contributed by atoms with Gasteiger partial charge in [-0.2, -0.15) is 0 Å². The lowest BCUT2D eigenvalue weighted by Crippen LogP contribution is -2.45. The first-order valence-electron chi connectivity index (χ1n) is 7.04. The van der Waals surface area contributed by atoms with Gasteiger partial charge in [0, 0.05) is 18.8 Å². The van der Waals surface area contributed by atoms with Crippen LogP contribution in [0.25, 0.3) is 0 Å². The van der Waals surface area contributed by atoms with Crippen LogP contribution in [0.3, 0.4) is 0 Å². The van der Waals surface area contributed by atoms with Gasteiger partial charge in [-0.15, -0.1) is 0 Å². The first-order valence-corrected chi connectivity index (χ1v) is 9.01. The highest BCUT2D eigenvalue weighted by Crippen LogP contribution is 2.34. The van der Waals surface area contributed by atoms with Crippen LogP contribution < -0.4 is 0 Å². The lowest BCUT2D eigenvalue weighted by atomic mass is 10.2. The average molecular weight is 322 g/mol. The van der Waals surface area contributed by atoms with Gasteiger partial charge in [-0.1, -0.05) is 41.7 Å². The Morgan fingerprint density at radius 2 is 2.38 bits per heavy atom. The monoisotopic (exact) mass is 322 g/mol. The molecular formula is C15H18N2O2S2. The summed E-state index contributed by atoms with van der Waals surface area (Å²) in [4.78, 5) is 18.7. The molecule has 1 aromatic rings. The van der Waals surface area contributed by atoms with Crippen LogP contribution in [-0.2, 0) is 15.3 Å². The van der Waals surface area contributed by atoms with Crippen LogP contribution in [0.4, 0.5) is 5.69 Å². The Labute approximate surface area is 133 Å².